The zero-order chi connectivity index (χ0) is 16.1. The van der Waals surface area contributed by atoms with E-state index >= 15 is 0 Å². The van der Waals surface area contributed by atoms with Gasteiger partial charge in [0, 0.05) is 11.1 Å². The molecule has 0 atom stereocenters. The van der Waals surface area contributed by atoms with Gasteiger partial charge in [-0.1, -0.05) is 54.1 Å². The lowest BCUT2D eigenvalue weighted by Crippen LogP contribution is -1.94. The van der Waals surface area contributed by atoms with Crippen LogP contribution >= 0.6 is 11.6 Å². The predicted octanol–water partition coefficient (Wildman–Crippen LogP) is 5.11. The zero-order valence-corrected chi connectivity index (χ0v) is 13.3. The third-order valence-corrected chi connectivity index (χ3v) is 3.57. The van der Waals surface area contributed by atoms with E-state index in [1.807, 2.05) is 61.5 Å². The lowest BCUT2D eigenvalue weighted by atomic mass is 9.93. The van der Waals surface area contributed by atoms with Crippen molar-refractivity contribution in [1.29, 1.82) is 0 Å². The van der Waals surface area contributed by atoms with E-state index in [1.54, 1.807) is 6.92 Å². The summed E-state index contributed by atoms with van der Waals surface area (Å²) in [5.41, 5.74) is 4.86. The van der Waals surface area contributed by atoms with Gasteiger partial charge in [-0.2, -0.15) is 0 Å². The summed E-state index contributed by atoms with van der Waals surface area (Å²) in [4.78, 5) is 10.9. The summed E-state index contributed by atoms with van der Waals surface area (Å²) in [6, 6.07) is 15.6. The van der Waals surface area contributed by atoms with Crippen LogP contribution in [0.4, 0.5) is 0 Å². The highest BCUT2D eigenvalue weighted by Gasteiger charge is 2.08. The Morgan fingerprint density at radius 1 is 1.05 bits per heavy atom. The molecule has 0 amide bonds. The average molecular weight is 313 g/mol. The van der Waals surface area contributed by atoms with Crippen molar-refractivity contribution in [2.45, 2.75) is 13.8 Å². The second-order valence-electron chi connectivity index (χ2n) is 5.11. The van der Waals surface area contributed by atoms with Crippen LogP contribution in [0.3, 0.4) is 0 Å². The Morgan fingerprint density at radius 2 is 1.68 bits per heavy atom. The van der Waals surface area contributed by atoms with Crippen LogP contribution in [0, 0.1) is 6.92 Å². The van der Waals surface area contributed by atoms with Crippen molar-refractivity contribution >= 4 is 23.1 Å². The lowest BCUT2D eigenvalue weighted by Gasteiger charge is -2.12. The first-order chi connectivity index (χ1) is 10.5. The summed E-state index contributed by atoms with van der Waals surface area (Å²) in [6.07, 6.45) is 3.09. The molecule has 3 heteroatoms. The van der Waals surface area contributed by atoms with Gasteiger partial charge in [0.05, 0.1) is 0 Å². The number of benzene rings is 2. The van der Waals surface area contributed by atoms with Crippen molar-refractivity contribution in [3.05, 3.63) is 88.0 Å². The fourth-order valence-corrected chi connectivity index (χ4v) is 2.41. The van der Waals surface area contributed by atoms with Gasteiger partial charge in [0.2, 0.25) is 0 Å². The number of carbonyl (C=O) groups is 1. The maximum Gasteiger partial charge on any atom is 0.328 e. The fraction of sp³-hybridized carbons (Fsp3) is 0.105. The summed E-state index contributed by atoms with van der Waals surface area (Å²) < 4.78 is 0. The van der Waals surface area contributed by atoms with Crippen LogP contribution < -0.4 is 0 Å². The number of hydrogen-bond donors (Lipinski definition) is 1. The minimum absolute atomic E-state index is 0.672. The van der Waals surface area contributed by atoms with Crippen molar-refractivity contribution < 1.29 is 9.90 Å². The van der Waals surface area contributed by atoms with Crippen LogP contribution in [0.25, 0.3) is 5.57 Å². The molecular weight excluding hydrogens is 296 g/mol. The van der Waals surface area contributed by atoms with Crippen molar-refractivity contribution in [2.75, 3.05) is 0 Å². The summed E-state index contributed by atoms with van der Waals surface area (Å²) in [5.74, 6) is -0.950. The fourth-order valence-electron chi connectivity index (χ4n) is 2.29. The van der Waals surface area contributed by atoms with Gasteiger partial charge >= 0.3 is 5.97 Å². The number of allylic oxidation sites excluding steroid dienone is 2. The van der Waals surface area contributed by atoms with Crippen LogP contribution in [0.5, 0.6) is 0 Å². The molecule has 0 aliphatic heterocycles. The monoisotopic (exact) mass is 312 g/mol. The Hall–Kier alpha value is -2.32. The first kappa shape index (κ1) is 16.1. The highest BCUT2D eigenvalue weighted by atomic mass is 35.5. The molecule has 0 bridgehead atoms. The molecule has 2 nitrogen and oxygen atoms in total. The van der Waals surface area contributed by atoms with Crippen LogP contribution in [0.15, 0.2) is 66.3 Å². The van der Waals surface area contributed by atoms with Crippen LogP contribution in [-0.2, 0) is 4.79 Å². The number of aryl methyl sites for hydroxylation is 1. The SMILES string of the molecule is CC(=CC(=O)O)C=C(c1ccc(Cl)cc1)c1ccccc1C. The highest BCUT2D eigenvalue weighted by molar-refractivity contribution is 6.30. The summed E-state index contributed by atoms with van der Waals surface area (Å²) >= 11 is 5.96. The van der Waals surface area contributed by atoms with Gasteiger partial charge in [0.1, 0.15) is 0 Å². The second kappa shape index (κ2) is 7.10. The van der Waals surface area contributed by atoms with E-state index in [-0.39, 0.29) is 0 Å². The van der Waals surface area contributed by atoms with E-state index in [0.717, 1.165) is 22.3 Å². The first-order valence-electron chi connectivity index (χ1n) is 6.92. The van der Waals surface area contributed by atoms with Gasteiger partial charge in [-0.3, -0.25) is 0 Å². The van der Waals surface area contributed by atoms with E-state index in [2.05, 4.69) is 0 Å². The van der Waals surface area contributed by atoms with Gasteiger partial charge in [-0.05, 0) is 53.8 Å². The molecule has 0 spiro atoms. The molecule has 0 saturated carbocycles. The Kier molecular flexibility index (Phi) is 5.18. The van der Waals surface area contributed by atoms with Crippen LogP contribution in [0.1, 0.15) is 23.6 Å². The molecule has 2 rings (SSSR count). The summed E-state index contributed by atoms with van der Waals surface area (Å²) in [7, 11) is 0. The van der Waals surface area contributed by atoms with E-state index in [0.29, 0.717) is 10.6 Å². The number of rotatable bonds is 4. The first-order valence-corrected chi connectivity index (χ1v) is 7.30. The van der Waals surface area contributed by atoms with Crippen molar-refractivity contribution in [3.63, 3.8) is 0 Å². The number of carboxylic acid groups (broad SMARTS) is 1. The van der Waals surface area contributed by atoms with Gasteiger partial charge in [-0.15, -0.1) is 0 Å². The third-order valence-electron chi connectivity index (χ3n) is 3.31. The molecule has 2 aromatic rings. The molecule has 0 unspecified atom stereocenters. The van der Waals surface area contributed by atoms with Crippen LogP contribution in [-0.4, -0.2) is 11.1 Å². The Labute approximate surface area is 135 Å². The van der Waals surface area contributed by atoms with Gasteiger partial charge in [0.25, 0.3) is 0 Å². The molecule has 0 saturated heterocycles. The van der Waals surface area contributed by atoms with E-state index < -0.39 is 5.97 Å². The lowest BCUT2D eigenvalue weighted by molar-refractivity contribution is -0.131. The third kappa shape index (κ3) is 4.09. The van der Waals surface area contributed by atoms with E-state index in [1.165, 1.54) is 6.08 Å². The minimum atomic E-state index is -0.950. The van der Waals surface area contributed by atoms with Crippen molar-refractivity contribution in [3.8, 4) is 0 Å². The number of halogens is 1. The predicted molar refractivity (Wildman–Crippen MR) is 91.1 cm³/mol. The number of carboxylic acids is 1. The molecule has 0 aliphatic rings. The summed E-state index contributed by atoms with van der Waals surface area (Å²) in [5, 5.41) is 9.58. The molecular formula is C19H17ClO2. The normalized spacial score (nSPS) is 12.3. The smallest absolute Gasteiger partial charge is 0.328 e. The quantitative estimate of drug-likeness (QED) is 0.629. The minimum Gasteiger partial charge on any atom is -0.478 e. The number of aliphatic carboxylic acids is 1. The van der Waals surface area contributed by atoms with E-state index in [9.17, 15) is 4.79 Å². The largest absolute Gasteiger partial charge is 0.478 e. The molecule has 0 fully saturated rings. The molecule has 0 aliphatic carbocycles. The molecule has 2 aromatic carbocycles. The summed E-state index contributed by atoms with van der Waals surface area (Å²) in [6.45, 7) is 3.82. The highest BCUT2D eigenvalue weighted by Crippen LogP contribution is 2.28. The standard InChI is InChI=1S/C19H17ClO2/c1-13(12-19(21)22)11-18(15-7-9-16(20)10-8-15)17-6-4-3-5-14(17)2/h3-12H,1-2H3,(H,21,22). The number of hydrogen-bond acceptors (Lipinski definition) is 1. The maximum absolute atomic E-state index is 10.9. The van der Waals surface area contributed by atoms with Crippen LogP contribution in [0.2, 0.25) is 5.02 Å². The molecule has 0 radical (unpaired) electrons. The van der Waals surface area contributed by atoms with Gasteiger partial charge in [-0.25, -0.2) is 4.79 Å². The van der Waals surface area contributed by atoms with Gasteiger partial charge < -0.3 is 5.11 Å². The van der Waals surface area contributed by atoms with E-state index in [4.69, 9.17) is 16.7 Å². The zero-order valence-electron chi connectivity index (χ0n) is 12.5. The van der Waals surface area contributed by atoms with Gasteiger partial charge in [0.15, 0.2) is 0 Å². The Balaban J connectivity index is 2.60. The van der Waals surface area contributed by atoms with Crippen molar-refractivity contribution in [1.82, 2.24) is 0 Å². The Bertz CT molecular complexity index is 740. The van der Waals surface area contributed by atoms with Crippen molar-refractivity contribution in [2.24, 2.45) is 0 Å². The molecule has 0 heterocycles. The maximum atomic E-state index is 10.9. The Morgan fingerprint density at radius 3 is 2.27 bits per heavy atom. The topological polar surface area (TPSA) is 37.3 Å². The molecule has 22 heavy (non-hydrogen) atoms. The second-order valence-corrected chi connectivity index (χ2v) is 5.54. The molecule has 1 N–H and O–H groups in total. The molecule has 112 valence electrons. The molecule has 0 aromatic heterocycles. The average Bonchev–Trinajstić information content (AvgIpc) is 2.46.